The summed E-state index contributed by atoms with van der Waals surface area (Å²) in [6.45, 7) is 0.364. The lowest BCUT2D eigenvalue weighted by Gasteiger charge is -2.22. The quantitative estimate of drug-likeness (QED) is 0.638. The van der Waals surface area contributed by atoms with Crippen LogP contribution in [0, 0.1) is 0 Å². The molecule has 1 fully saturated rings. The van der Waals surface area contributed by atoms with E-state index in [9.17, 15) is 8.42 Å². The van der Waals surface area contributed by atoms with Crippen LogP contribution in [0.15, 0.2) is 72.1 Å². The first-order valence-electron chi connectivity index (χ1n) is 10.1. The van der Waals surface area contributed by atoms with Gasteiger partial charge in [-0.3, -0.25) is 4.68 Å². The van der Waals surface area contributed by atoms with Crippen molar-refractivity contribution in [3.05, 3.63) is 78.4 Å². The van der Waals surface area contributed by atoms with Gasteiger partial charge in [0, 0.05) is 0 Å². The molecule has 0 spiro atoms. The number of nitrogens with one attached hydrogen (secondary N) is 1. The van der Waals surface area contributed by atoms with Crippen molar-refractivity contribution in [2.24, 2.45) is 0 Å². The fraction of sp³-hybridized carbons (Fsp3) is 0.364. The zero-order valence-corrected chi connectivity index (χ0v) is 17.1. The van der Waals surface area contributed by atoms with E-state index in [2.05, 4.69) is 14.8 Å². The number of sulfonamides is 1. The molecule has 1 aliphatic carbocycles. The Morgan fingerprint density at radius 1 is 1.00 bits per heavy atom. The predicted molar refractivity (Wildman–Crippen MR) is 112 cm³/mol. The van der Waals surface area contributed by atoms with Crippen LogP contribution in [0.5, 0.6) is 0 Å². The Hall–Kier alpha value is -2.51. The van der Waals surface area contributed by atoms with Crippen LogP contribution < -0.4 is 4.72 Å². The average Bonchev–Trinajstić information content (AvgIpc) is 3.28. The molecular weight excluding hydrogens is 384 g/mol. The van der Waals surface area contributed by atoms with Gasteiger partial charge in [-0.15, -0.1) is 0 Å². The Morgan fingerprint density at radius 3 is 2.38 bits per heavy atom. The second kappa shape index (κ2) is 8.88. The summed E-state index contributed by atoms with van der Waals surface area (Å²) in [7, 11) is -3.67. The molecule has 1 aromatic heterocycles. The van der Waals surface area contributed by atoms with Crippen LogP contribution in [0.2, 0.25) is 0 Å². The molecule has 0 saturated heterocycles. The molecule has 3 aromatic rings. The third-order valence-electron chi connectivity index (χ3n) is 5.60. The lowest BCUT2D eigenvalue weighted by molar-refractivity contribution is 0.443. The Kier molecular flexibility index (Phi) is 6.06. The first kappa shape index (κ1) is 19.8. The zero-order valence-electron chi connectivity index (χ0n) is 16.3. The maximum absolute atomic E-state index is 13.1. The van der Waals surface area contributed by atoms with Crippen LogP contribution in [-0.4, -0.2) is 23.2 Å². The molecule has 1 atom stereocenters. The summed E-state index contributed by atoms with van der Waals surface area (Å²) in [4.78, 5) is 4.24. The van der Waals surface area contributed by atoms with Crippen molar-refractivity contribution in [2.45, 2.75) is 55.5 Å². The third kappa shape index (κ3) is 4.92. The summed E-state index contributed by atoms with van der Waals surface area (Å²) in [6.07, 6.45) is 9.24. The minimum atomic E-state index is -3.67. The standard InChI is InChI=1S/C22H26N4O2S/c27-29(28,21-13-11-19(12-14-21)18-7-3-1-4-8-18)25-22(15-26-17-23-16-24-26)20-9-5-2-6-10-20/h2,5-6,9-14,16-18,22,25H,1,3-4,7-8,15H2. The molecule has 0 aliphatic heterocycles. The van der Waals surface area contributed by atoms with E-state index in [1.54, 1.807) is 23.1 Å². The topological polar surface area (TPSA) is 76.9 Å². The van der Waals surface area contributed by atoms with Crippen molar-refractivity contribution < 1.29 is 8.42 Å². The van der Waals surface area contributed by atoms with Gasteiger partial charge in [-0.1, -0.05) is 61.7 Å². The molecule has 7 heteroatoms. The predicted octanol–water partition coefficient (Wildman–Crippen LogP) is 4.05. The number of benzene rings is 2. The number of aromatic nitrogens is 3. The van der Waals surface area contributed by atoms with Gasteiger partial charge in [0.05, 0.1) is 17.5 Å². The summed E-state index contributed by atoms with van der Waals surface area (Å²) in [6, 6.07) is 16.5. The van der Waals surface area contributed by atoms with Crippen molar-refractivity contribution >= 4 is 10.0 Å². The molecule has 0 bridgehead atoms. The van der Waals surface area contributed by atoms with E-state index in [0.717, 1.165) is 5.56 Å². The van der Waals surface area contributed by atoms with Gasteiger partial charge in [-0.2, -0.15) is 5.10 Å². The molecule has 29 heavy (non-hydrogen) atoms. The number of nitrogens with zero attached hydrogens (tertiary/aromatic N) is 3. The smallest absolute Gasteiger partial charge is 0.241 e. The average molecular weight is 411 g/mol. The first-order valence-corrected chi connectivity index (χ1v) is 11.6. The highest BCUT2D eigenvalue weighted by molar-refractivity contribution is 7.89. The Labute approximate surface area is 172 Å². The normalized spacial score (nSPS) is 16.6. The van der Waals surface area contributed by atoms with E-state index in [0.29, 0.717) is 12.5 Å². The van der Waals surface area contributed by atoms with E-state index in [-0.39, 0.29) is 4.90 Å². The SMILES string of the molecule is O=S(=O)(NC(Cn1cncn1)c1ccccc1)c1ccc(C2CCCCC2)cc1. The fourth-order valence-electron chi connectivity index (χ4n) is 4.02. The van der Waals surface area contributed by atoms with E-state index >= 15 is 0 Å². The minimum absolute atomic E-state index is 0.289. The highest BCUT2D eigenvalue weighted by atomic mass is 32.2. The molecule has 4 rings (SSSR count). The van der Waals surface area contributed by atoms with Crippen molar-refractivity contribution in [2.75, 3.05) is 0 Å². The number of hydrogen-bond donors (Lipinski definition) is 1. The maximum atomic E-state index is 13.1. The third-order valence-corrected chi connectivity index (χ3v) is 7.09. The Morgan fingerprint density at radius 2 is 1.72 bits per heavy atom. The monoisotopic (exact) mass is 410 g/mol. The van der Waals surface area contributed by atoms with Crippen LogP contribution in [0.3, 0.4) is 0 Å². The van der Waals surface area contributed by atoms with E-state index in [1.807, 2.05) is 42.5 Å². The van der Waals surface area contributed by atoms with Crippen molar-refractivity contribution in [3.8, 4) is 0 Å². The minimum Gasteiger partial charge on any atom is -0.251 e. The van der Waals surface area contributed by atoms with Gasteiger partial charge in [0.1, 0.15) is 12.7 Å². The fourth-order valence-corrected chi connectivity index (χ4v) is 5.24. The van der Waals surface area contributed by atoms with Gasteiger partial charge in [-0.25, -0.2) is 18.1 Å². The molecular formula is C22H26N4O2S. The van der Waals surface area contributed by atoms with Crippen LogP contribution in [0.25, 0.3) is 0 Å². The van der Waals surface area contributed by atoms with Gasteiger partial charge >= 0.3 is 0 Å². The van der Waals surface area contributed by atoms with Gasteiger partial charge in [-0.05, 0) is 42.0 Å². The number of hydrogen-bond acceptors (Lipinski definition) is 4. The largest absolute Gasteiger partial charge is 0.251 e. The summed E-state index contributed by atoms with van der Waals surface area (Å²) in [5, 5.41) is 4.12. The van der Waals surface area contributed by atoms with Crippen LogP contribution in [0.4, 0.5) is 0 Å². The molecule has 1 aliphatic rings. The van der Waals surface area contributed by atoms with Gasteiger partial charge in [0.15, 0.2) is 0 Å². The molecule has 1 N–H and O–H groups in total. The van der Waals surface area contributed by atoms with Gasteiger partial charge in [0.2, 0.25) is 10.0 Å². The molecule has 0 amide bonds. The molecule has 152 valence electrons. The van der Waals surface area contributed by atoms with Crippen molar-refractivity contribution in [3.63, 3.8) is 0 Å². The van der Waals surface area contributed by atoms with Gasteiger partial charge < -0.3 is 0 Å². The Balaban J connectivity index is 1.54. The van der Waals surface area contributed by atoms with Crippen LogP contribution in [0.1, 0.15) is 55.2 Å². The number of rotatable bonds is 7. The Bertz CT molecular complexity index is 997. The summed E-state index contributed by atoms with van der Waals surface area (Å²) >= 11 is 0. The zero-order chi connectivity index (χ0) is 20.1. The molecule has 0 radical (unpaired) electrons. The van der Waals surface area contributed by atoms with Crippen LogP contribution >= 0.6 is 0 Å². The van der Waals surface area contributed by atoms with E-state index < -0.39 is 16.1 Å². The summed E-state index contributed by atoms with van der Waals surface area (Å²) in [5.74, 6) is 0.554. The van der Waals surface area contributed by atoms with E-state index in [4.69, 9.17) is 0 Å². The molecule has 2 aromatic carbocycles. The lowest BCUT2D eigenvalue weighted by atomic mass is 9.84. The highest BCUT2D eigenvalue weighted by Gasteiger charge is 2.23. The van der Waals surface area contributed by atoms with Crippen LogP contribution in [-0.2, 0) is 16.6 Å². The van der Waals surface area contributed by atoms with E-state index in [1.165, 1.54) is 44.0 Å². The first-order chi connectivity index (χ1) is 14.1. The molecule has 1 saturated carbocycles. The van der Waals surface area contributed by atoms with Crippen molar-refractivity contribution in [1.82, 2.24) is 19.5 Å². The summed E-state index contributed by atoms with van der Waals surface area (Å²) in [5.41, 5.74) is 2.12. The lowest BCUT2D eigenvalue weighted by Crippen LogP contribution is -2.31. The molecule has 1 unspecified atom stereocenters. The summed E-state index contributed by atoms with van der Waals surface area (Å²) < 4.78 is 30.6. The van der Waals surface area contributed by atoms with Crippen molar-refractivity contribution in [1.29, 1.82) is 0 Å². The van der Waals surface area contributed by atoms with Gasteiger partial charge in [0.25, 0.3) is 0 Å². The molecule has 1 heterocycles. The molecule has 6 nitrogen and oxygen atoms in total. The second-order valence-corrected chi connectivity index (χ2v) is 9.32. The maximum Gasteiger partial charge on any atom is 0.241 e. The second-order valence-electron chi connectivity index (χ2n) is 7.61. The highest BCUT2D eigenvalue weighted by Crippen LogP contribution is 2.33.